The normalized spacial score (nSPS) is 12.9. The van der Waals surface area contributed by atoms with Gasteiger partial charge in [-0.25, -0.2) is 20.5 Å². The van der Waals surface area contributed by atoms with Crippen LogP contribution in [0.3, 0.4) is 0 Å². The molecule has 17 heavy (non-hydrogen) atoms. The molecule has 2 heterocycles. The van der Waals surface area contributed by atoms with Crippen LogP contribution in [0.2, 0.25) is 0 Å². The molecule has 0 radical (unpaired) electrons. The van der Waals surface area contributed by atoms with Gasteiger partial charge in [-0.3, -0.25) is 0 Å². The summed E-state index contributed by atoms with van der Waals surface area (Å²) in [6, 6.07) is 0.102. The van der Waals surface area contributed by atoms with Crippen LogP contribution in [0.1, 0.15) is 19.4 Å². The Morgan fingerprint density at radius 2 is 2.35 bits per heavy atom. The Bertz CT molecular complexity index is 497. The quantitative estimate of drug-likeness (QED) is 0.561. The van der Waals surface area contributed by atoms with Crippen LogP contribution in [0.25, 0.3) is 11.2 Å². The van der Waals surface area contributed by atoms with Crippen molar-refractivity contribution in [2.75, 3.05) is 19.1 Å². The number of nitrogens with two attached hydrogens (primary N) is 1. The number of nitrogens with zero attached hydrogens (tertiary/aromatic N) is 5. The van der Waals surface area contributed by atoms with Crippen LogP contribution < -0.4 is 11.3 Å². The highest BCUT2D eigenvalue weighted by molar-refractivity contribution is 5.81. The van der Waals surface area contributed by atoms with Gasteiger partial charge in [0.2, 0.25) is 0 Å². The second-order valence-corrected chi connectivity index (χ2v) is 3.59. The monoisotopic (exact) mass is 237 g/mol. The third-order valence-corrected chi connectivity index (χ3v) is 2.57. The number of anilines is 1. The molecule has 0 aliphatic heterocycles. The molecule has 2 aromatic rings. The molecule has 1 unspecified atom stereocenters. The molecule has 0 aliphatic carbocycles. The summed E-state index contributed by atoms with van der Waals surface area (Å²) in [4.78, 5) is 8.15. The largest absolute Gasteiger partial charge is 0.382 e. The van der Waals surface area contributed by atoms with Crippen LogP contribution >= 0.6 is 0 Å². The molecule has 0 bridgehead atoms. The Morgan fingerprint density at radius 3 is 3.00 bits per heavy atom. The van der Waals surface area contributed by atoms with E-state index in [1.54, 1.807) is 11.8 Å². The Morgan fingerprint density at radius 1 is 1.53 bits per heavy atom. The van der Waals surface area contributed by atoms with Crippen molar-refractivity contribution in [3.05, 3.63) is 6.33 Å². The molecule has 0 aliphatic rings. The molecule has 0 fully saturated rings. The predicted molar refractivity (Wildman–Crippen MR) is 62.1 cm³/mol. The summed E-state index contributed by atoms with van der Waals surface area (Å²) in [7, 11) is 1.66. The van der Waals surface area contributed by atoms with E-state index in [1.807, 2.05) is 0 Å². The summed E-state index contributed by atoms with van der Waals surface area (Å²) in [5.41, 5.74) is 3.68. The molecule has 2 rings (SSSR count). The van der Waals surface area contributed by atoms with E-state index in [9.17, 15) is 0 Å². The Kier molecular flexibility index (Phi) is 3.45. The highest BCUT2D eigenvalue weighted by atomic mass is 16.5. The fourth-order valence-corrected chi connectivity index (χ4v) is 1.67. The molecule has 0 amide bonds. The number of methoxy groups -OCH3 is 1. The summed E-state index contributed by atoms with van der Waals surface area (Å²) in [5.74, 6) is 5.82. The van der Waals surface area contributed by atoms with Crippen molar-refractivity contribution in [3.8, 4) is 0 Å². The molecule has 0 spiro atoms. The molecule has 8 nitrogen and oxygen atoms in total. The van der Waals surface area contributed by atoms with E-state index in [0.717, 1.165) is 6.42 Å². The van der Waals surface area contributed by atoms with Crippen LogP contribution in [0.5, 0.6) is 0 Å². The van der Waals surface area contributed by atoms with Crippen LogP contribution in [0.15, 0.2) is 6.33 Å². The molecule has 92 valence electrons. The van der Waals surface area contributed by atoms with Gasteiger partial charge < -0.3 is 10.2 Å². The van der Waals surface area contributed by atoms with E-state index >= 15 is 0 Å². The Labute approximate surface area is 98.1 Å². The van der Waals surface area contributed by atoms with Gasteiger partial charge in [0.05, 0.1) is 12.6 Å². The minimum atomic E-state index is 0.102. The molecule has 1 atom stereocenters. The number of ether oxygens (including phenoxy) is 1. The lowest BCUT2D eigenvalue weighted by atomic mass is 10.2. The third-order valence-electron chi connectivity index (χ3n) is 2.57. The second-order valence-electron chi connectivity index (χ2n) is 3.59. The Hall–Kier alpha value is -1.80. The van der Waals surface area contributed by atoms with E-state index in [1.165, 1.54) is 6.33 Å². The summed E-state index contributed by atoms with van der Waals surface area (Å²) in [6.45, 7) is 2.62. The molecule has 8 heteroatoms. The number of hydrogen-bond acceptors (Lipinski definition) is 7. The van der Waals surface area contributed by atoms with Gasteiger partial charge in [-0.2, -0.15) is 0 Å². The van der Waals surface area contributed by atoms with Crippen molar-refractivity contribution in [1.82, 2.24) is 25.0 Å². The molecule has 3 N–H and O–H groups in total. The number of aromatic nitrogens is 5. The van der Waals surface area contributed by atoms with Crippen LogP contribution in [-0.4, -0.2) is 38.7 Å². The minimum Gasteiger partial charge on any atom is -0.382 e. The topological polar surface area (TPSA) is 104 Å². The van der Waals surface area contributed by atoms with Gasteiger partial charge in [-0.15, -0.1) is 5.10 Å². The van der Waals surface area contributed by atoms with E-state index < -0.39 is 0 Å². The van der Waals surface area contributed by atoms with Gasteiger partial charge in [-0.1, -0.05) is 12.1 Å². The molecular weight excluding hydrogens is 222 g/mol. The van der Waals surface area contributed by atoms with E-state index in [4.69, 9.17) is 10.6 Å². The number of nitrogens with one attached hydrogen (secondary N) is 1. The zero-order chi connectivity index (χ0) is 12.3. The first-order valence-corrected chi connectivity index (χ1v) is 5.33. The Balaban J connectivity index is 2.48. The average molecular weight is 237 g/mol. The van der Waals surface area contributed by atoms with Crippen molar-refractivity contribution >= 4 is 17.0 Å². The minimum absolute atomic E-state index is 0.102. The zero-order valence-corrected chi connectivity index (χ0v) is 9.79. The lowest BCUT2D eigenvalue weighted by Crippen LogP contribution is -2.16. The van der Waals surface area contributed by atoms with Gasteiger partial charge in [0, 0.05) is 7.11 Å². The number of fused-ring (bicyclic) bond motifs is 1. The van der Waals surface area contributed by atoms with Crippen molar-refractivity contribution < 1.29 is 4.74 Å². The summed E-state index contributed by atoms with van der Waals surface area (Å²) in [6.07, 6.45) is 2.30. The first-order valence-electron chi connectivity index (χ1n) is 5.33. The van der Waals surface area contributed by atoms with Gasteiger partial charge in [0.15, 0.2) is 17.0 Å². The summed E-state index contributed by atoms with van der Waals surface area (Å²) in [5, 5.41) is 8.11. The predicted octanol–water partition coefficient (Wildman–Crippen LogP) is 0.104. The highest BCUT2D eigenvalue weighted by Gasteiger charge is 2.17. The van der Waals surface area contributed by atoms with Crippen LogP contribution in [0.4, 0.5) is 5.82 Å². The van der Waals surface area contributed by atoms with Crippen molar-refractivity contribution in [2.45, 2.75) is 19.4 Å². The van der Waals surface area contributed by atoms with Crippen LogP contribution in [-0.2, 0) is 4.74 Å². The maximum Gasteiger partial charge on any atom is 0.184 e. The standard InChI is InChI=1S/C9H15N7O/c1-3-6(4-17-2)16-9-7(14-15-16)8(13-10)11-5-12-9/h5-6H,3-4,10H2,1-2H3,(H,11,12,13). The first kappa shape index (κ1) is 11.7. The summed E-state index contributed by atoms with van der Waals surface area (Å²) < 4.78 is 6.89. The molecule has 0 aromatic carbocycles. The number of hydrogen-bond donors (Lipinski definition) is 2. The summed E-state index contributed by atoms with van der Waals surface area (Å²) >= 11 is 0. The van der Waals surface area contributed by atoms with Crippen molar-refractivity contribution in [2.24, 2.45) is 5.84 Å². The van der Waals surface area contributed by atoms with Crippen molar-refractivity contribution in [1.29, 1.82) is 0 Å². The maximum atomic E-state index is 5.35. The number of hydrazine groups is 1. The van der Waals surface area contributed by atoms with E-state index in [2.05, 4.69) is 32.6 Å². The first-order chi connectivity index (χ1) is 8.31. The van der Waals surface area contributed by atoms with E-state index in [0.29, 0.717) is 23.6 Å². The fourth-order valence-electron chi connectivity index (χ4n) is 1.67. The van der Waals surface area contributed by atoms with E-state index in [-0.39, 0.29) is 6.04 Å². The lowest BCUT2D eigenvalue weighted by molar-refractivity contribution is 0.148. The highest BCUT2D eigenvalue weighted by Crippen LogP contribution is 2.19. The third kappa shape index (κ3) is 2.04. The zero-order valence-electron chi connectivity index (χ0n) is 9.79. The molecular formula is C9H15N7O. The molecule has 0 saturated heterocycles. The van der Waals surface area contributed by atoms with Crippen molar-refractivity contribution in [3.63, 3.8) is 0 Å². The molecule has 0 saturated carbocycles. The smallest absolute Gasteiger partial charge is 0.184 e. The average Bonchev–Trinajstić information content (AvgIpc) is 2.79. The van der Waals surface area contributed by atoms with Gasteiger partial charge in [0.25, 0.3) is 0 Å². The van der Waals surface area contributed by atoms with Gasteiger partial charge >= 0.3 is 0 Å². The van der Waals surface area contributed by atoms with Crippen LogP contribution in [0, 0.1) is 0 Å². The number of rotatable bonds is 5. The van der Waals surface area contributed by atoms with Gasteiger partial charge in [0.1, 0.15) is 6.33 Å². The van der Waals surface area contributed by atoms with Gasteiger partial charge in [-0.05, 0) is 6.42 Å². The SMILES string of the molecule is CCC(COC)n1nnc2c(NN)ncnc21. The number of nitrogen functional groups attached to an aromatic ring is 1. The molecule has 2 aromatic heterocycles. The lowest BCUT2D eigenvalue weighted by Gasteiger charge is -2.13. The maximum absolute atomic E-state index is 5.35. The second kappa shape index (κ2) is 5.02. The fraction of sp³-hybridized carbons (Fsp3) is 0.556.